The Hall–Kier alpha value is -3.99. The van der Waals surface area contributed by atoms with E-state index < -0.39 is 47.2 Å². The zero-order valence-corrected chi connectivity index (χ0v) is 19.3. The van der Waals surface area contributed by atoms with Crippen LogP contribution in [-0.2, 0) is 14.3 Å². The van der Waals surface area contributed by atoms with Crippen LogP contribution in [0.2, 0.25) is 5.02 Å². The lowest BCUT2D eigenvalue weighted by Crippen LogP contribution is -2.46. The van der Waals surface area contributed by atoms with Crippen LogP contribution in [0.15, 0.2) is 42.5 Å². The van der Waals surface area contributed by atoms with Gasteiger partial charge in [-0.05, 0) is 24.1 Å². The Morgan fingerprint density at radius 2 is 1.74 bits per heavy atom. The third-order valence-corrected chi connectivity index (χ3v) is 4.88. The van der Waals surface area contributed by atoms with Crippen LogP contribution in [0, 0.1) is 16.0 Å². The number of carbonyl (C=O) groups is 4. The van der Waals surface area contributed by atoms with Gasteiger partial charge in [-0.2, -0.15) is 0 Å². The van der Waals surface area contributed by atoms with Gasteiger partial charge in [-0.3, -0.25) is 29.8 Å². The number of para-hydroxylation sites is 1. The molecule has 0 aromatic heterocycles. The van der Waals surface area contributed by atoms with Gasteiger partial charge in [0.1, 0.15) is 11.8 Å². The summed E-state index contributed by atoms with van der Waals surface area (Å²) >= 11 is 5.96. The second-order valence-corrected chi connectivity index (χ2v) is 7.71. The number of ether oxygens (including phenoxy) is 2. The van der Waals surface area contributed by atoms with Crippen molar-refractivity contribution in [2.75, 3.05) is 13.7 Å². The van der Waals surface area contributed by atoms with Crippen molar-refractivity contribution in [3.05, 3.63) is 68.7 Å². The summed E-state index contributed by atoms with van der Waals surface area (Å²) in [6.07, 6.45) is 0. The summed E-state index contributed by atoms with van der Waals surface area (Å²) in [6, 6.07) is 8.38. The van der Waals surface area contributed by atoms with E-state index in [0.717, 1.165) is 18.2 Å². The summed E-state index contributed by atoms with van der Waals surface area (Å²) in [7, 11) is 1.37. The minimum atomic E-state index is -1.16. The molecule has 2 aromatic carbocycles. The van der Waals surface area contributed by atoms with Crippen LogP contribution < -0.4 is 15.4 Å². The Kier molecular flexibility index (Phi) is 9.08. The highest BCUT2D eigenvalue weighted by atomic mass is 35.5. The minimum Gasteiger partial charge on any atom is -0.496 e. The number of non-ortho nitro benzene ring substituents is 1. The fraction of sp³-hybridized carbons (Fsp3) is 0.273. The molecular weight excluding hydrogens is 470 g/mol. The first-order valence-electron chi connectivity index (χ1n) is 9.93. The molecule has 2 rings (SSSR count). The van der Waals surface area contributed by atoms with Gasteiger partial charge in [-0.25, -0.2) is 4.79 Å². The lowest BCUT2D eigenvalue weighted by molar-refractivity contribution is -0.384. The number of halogens is 1. The van der Waals surface area contributed by atoms with Gasteiger partial charge < -0.3 is 14.8 Å². The fourth-order valence-electron chi connectivity index (χ4n) is 2.81. The van der Waals surface area contributed by atoms with Gasteiger partial charge in [0, 0.05) is 12.1 Å². The maximum absolute atomic E-state index is 12.6. The highest BCUT2D eigenvalue weighted by molar-refractivity contribution is 6.34. The molecule has 0 bridgehead atoms. The van der Waals surface area contributed by atoms with E-state index in [1.807, 2.05) is 0 Å². The summed E-state index contributed by atoms with van der Waals surface area (Å²) < 4.78 is 10.0. The molecule has 3 amide bonds. The molecule has 1 atom stereocenters. The normalized spacial score (nSPS) is 11.3. The first-order valence-corrected chi connectivity index (χ1v) is 10.3. The first-order chi connectivity index (χ1) is 16.0. The van der Waals surface area contributed by atoms with Gasteiger partial charge in [-0.15, -0.1) is 0 Å². The Morgan fingerprint density at radius 3 is 2.32 bits per heavy atom. The Morgan fingerprint density at radius 1 is 1.06 bits per heavy atom. The second-order valence-electron chi connectivity index (χ2n) is 7.30. The number of hydrogen-bond acceptors (Lipinski definition) is 8. The Labute approximate surface area is 199 Å². The van der Waals surface area contributed by atoms with E-state index in [-0.39, 0.29) is 27.6 Å². The Balaban J connectivity index is 1.99. The zero-order valence-electron chi connectivity index (χ0n) is 18.5. The third kappa shape index (κ3) is 6.75. The molecule has 1 unspecified atom stereocenters. The molecule has 180 valence electrons. The molecule has 2 N–H and O–H groups in total. The van der Waals surface area contributed by atoms with Gasteiger partial charge in [0.25, 0.3) is 23.4 Å². The van der Waals surface area contributed by atoms with E-state index >= 15 is 0 Å². The van der Waals surface area contributed by atoms with E-state index in [1.54, 1.807) is 32.0 Å². The van der Waals surface area contributed by atoms with Crippen molar-refractivity contribution in [2.45, 2.75) is 19.9 Å². The maximum Gasteiger partial charge on any atom is 0.329 e. The Bertz CT molecular complexity index is 1120. The number of nitrogens with zero attached hydrogens (tertiary/aromatic N) is 1. The number of amides is 3. The van der Waals surface area contributed by atoms with Crippen molar-refractivity contribution in [1.82, 2.24) is 10.6 Å². The lowest BCUT2D eigenvalue weighted by atomic mass is 10.0. The minimum absolute atomic E-state index is 0.0779. The SMILES string of the molecule is COc1ccccc1C(=O)NC(=O)COC(=O)C(NC(=O)c1ccc([N+](=O)[O-])cc1Cl)C(C)C. The third-order valence-electron chi connectivity index (χ3n) is 4.57. The highest BCUT2D eigenvalue weighted by Gasteiger charge is 2.28. The van der Waals surface area contributed by atoms with Crippen LogP contribution in [0.3, 0.4) is 0 Å². The zero-order chi connectivity index (χ0) is 25.4. The number of esters is 1. The van der Waals surface area contributed by atoms with Crippen molar-refractivity contribution in [3.8, 4) is 5.75 Å². The predicted octanol–water partition coefficient (Wildman–Crippen LogP) is 2.51. The average molecular weight is 492 g/mol. The molecule has 12 heteroatoms. The topological polar surface area (TPSA) is 154 Å². The average Bonchev–Trinajstić information content (AvgIpc) is 2.80. The molecule has 0 radical (unpaired) electrons. The number of benzene rings is 2. The monoisotopic (exact) mass is 491 g/mol. The first kappa shape index (κ1) is 26.3. The summed E-state index contributed by atoms with van der Waals surface area (Å²) in [4.78, 5) is 59.6. The lowest BCUT2D eigenvalue weighted by Gasteiger charge is -2.21. The van der Waals surface area contributed by atoms with Gasteiger partial charge >= 0.3 is 5.97 Å². The predicted molar refractivity (Wildman–Crippen MR) is 121 cm³/mol. The summed E-state index contributed by atoms with van der Waals surface area (Å²) in [5, 5.41) is 15.2. The molecule has 2 aromatic rings. The van der Waals surface area contributed by atoms with Gasteiger partial charge in [0.05, 0.1) is 28.2 Å². The number of nitrogens with one attached hydrogen (secondary N) is 2. The molecular formula is C22H22ClN3O8. The molecule has 0 saturated heterocycles. The largest absolute Gasteiger partial charge is 0.496 e. The molecule has 0 spiro atoms. The van der Waals surface area contributed by atoms with Gasteiger partial charge in [-0.1, -0.05) is 37.6 Å². The highest BCUT2D eigenvalue weighted by Crippen LogP contribution is 2.23. The summed E-state index contributed by atoms with van der Waals surface area (Å²) in [5.41, 5.74) is -0.252. The summed E-state index contributed by atoms with van der Waals surface area (Å²) in [6.45, 7) is 2.50. The number of imide groups is 1. The van der Waals surface area contributed by atoms with Crippen molar-refractivity contribution in [3.63, 3.8) is 0 Å². The number of nitro benzene ring substituents is 1. The van der Waals surface area contributed by atoms with Crippen molar-refractivity contribution in [1.29, 1.82) is 0 Å². The van der Waals surface area contributed by atoms with E-state index in [2.05, 4.69) is 10.6 Å². The van der Waals surface area contributed by atoms with Crippen LogP contribution in [0.5, 0.6) is 5.75 Å². The van der Waals surface area contributed by atoms with Crippen molar-refractivity contribution >= 4 is 41.0 Å². The molecule has 0 heterocycles. The number of rotatable bonds is 9. The molecule has 34 heavy (non-hydrogen) atoms. The van der Waals surface area contributed by atoms with E-state index in [1.165, 1.54) is 13.2 Å². The number of methoxy groups -OCH3 is 1. The molecule has 11 nitrogen and oxygen atoms in total. The van der Waals surface area contributed by atoms with Gasteiger partial charge in [0.2, 0.25) is 0 Å². The van der Waals surface area contributed by atoms with Crippen LogP contribution in [0.25, 0.3) is 0 Å². The maximum atomic E-state index is 12.6. The van der Waals surface area contributed by atoms with Crippen LogP contribution >= 0.6 is 11.6 Å². The molecule has 0 fully saturated rings. The number of hydrogen-bond donors (Lipinski definition) is 2. The van der Waals surface area contributed by atoms with Crippen LogP contribution in [0.1, 0.15) is 34.6 Å². The van der Waals surface area contributed by atoms with Crippen molar-refractivity contribution < 1.29 is 33.6 Å². The molecule has 0 saturated carbocycles. The second kappa shape index (κ2) is 11.8. The smallest absolute Gasteiger partial charge is 0.329 e. The van der Waals surface area contributed by atoms with Crippen LogP contribution in [-0.4, -0.2) is 48.4 Å². The molecule has 0 aliphatic heterocycles. The van der Waals surface area contributed by atoms with Crippen molar-refractivity contribution in [2.24, 2.45) is 5.92 Å². The van der Waals surface area contributed by atoms with Gasteiger partial charge in [0.15, 0.2) is 6.61 Å². The van der Waals surface area contributed by atoms with E-state index in [4.69, 9.17) is 21.1 Å². The van der Waals surface area contributed by atoms with E-state index in [9.17, 15) is 29.3 Å². The van der Waals surface area contributed by atoms with E-state index in [0.29, 0.717) is 0 Å². The quantitative estimate of drug-likeness (QED) is 0.308. The van der Waals surface area contributed by atoms with Crippen LogP contribution in [0.4, 0.5) is 5.69 Å². The summed E-state index contributed by atoms with van der Waals surface area (Å²) in [5.74, 6) is -3.46. The number of nitro groups is 1. The molecule has 0 aliphatic rings. The number of carbonyl (C=O) groups excluding carboxylic acids is 4. The standard InChI is InChI=1S/C22H22ClN3O8/c1-12(2)19(25-20(28)14-9-8-13(26(31)32)10-16(14)23)22(30)34-11-18(27)24-21(29)15-6-4-5-7-17(15)33-3/h4-10,12,19H,11H2,1-3H3,(H,25,28)(H,24,27,29). The fourth-order valence-corrected chi connectivity index (χ4v) is 3.07. The molecule has 0 aliphatic carbocycles.